The van der Waals surface area contributed by atoms with E-state index in [9.17, 15) is 19.7 Å². The van der Waals surface area contributed by atoms with Crippen LogP contribution in [0.4, 0.5) is 11.4 Å². The van der Waals surface area contributed by atoms with Crippen LogP contribution >= 0.6 is 0 Å². The van der Waals surface area contributed by atoms with Gasteiger partial charge in [0.2, 0.25) is 0 Å². The number of non-ortho nitro benzene ring substituents is 1. The lowest BCUT2D eigenvalue weighted by Gasteiger charge is -2.15. The van der Waals surface area contributed by atoms with Crippen LogP contribution in [0.2, 0.25) is 0 Å². The molecule has 1 N–H and O–H groups in total. The minimum absolute atomic E-state index is 0.00342. The maximum atomic E-state index is 13.3. The molecule has 0 bridgehead atoms. The maximum Gasteiger partial charge on any atom is 0.278 e. The van der Waals surface area contributed by atoms with Crippen molar-refractivity contribution in [2.24, 2.45) is 0 Å². The van der Waals surface area contributed by atoms with E-state index in [-0.39, 0.29) is 23.5 Å². The topological polar surface area (TPSA) is 115 Å². The largest absolute Gasteiger partial charge is 0.494 e. The Hall–Kier alpha value is -4.53. The second-order valence-electron chi connectivity index (χ2n) is 7.15. The fourth-order valence-corrected chi connectivity index (χ4v) is 3.45. The average Bonchev–Trinajstić information content (AvgIpc) is 3.05. The molecular weight excluding hydrogens is 424 g/mol. The number of pyridine rings is 1. The van der Waals surface area contributed by atoms with Crippen molar-refractivity contribution >= 4 is 28.8 Å². The minimum Gasteiger partial charge on any atom is -0.494 e. The summed E-state index contributed by atoms with van der Waals surface area (Å²) < 4.78 is 5.44. The SMILES string of the molecule is CCOc1ccc(NC2=C(c3ccc([N+](=O)[O-])cc3)C(=O)N(Cc3ccccn3)C2=O)cc1. The van der Waals surface area contributed by atoms with Crippen molar-refractivity contribution in [2.75, 3.05) is 11.9 Å². The van der Waals surface area contributed by atoms with Crippen LogP contribution in [0.5, 0.6) is 5.75 Å². The Morgan fingerprint density at radius 2 is 1.73 bits per heavy atom. The zero-order valence-electron chi connectivity index (χ0n) is 17.7. The molecule has 0 fully saturated rings. The van der Waals surface area contributed by atoms with Crippen LogP contribution in [0.1, 0.15) is 18.2 Å². The number of nitrogens with zero attached hydrogens (tertiary/aromatic N) is 3. The van der Waals surface area contributed by atoms with E-state index in [1.807, 2.05) is 6.92 Å². The second kappa shape index (κ2) is 9.31. The van der Waals surface area contributed by atoms with E-state index in [1.54, 1.807) is 48.7 Å². The van der Waals surface area contributed by atoms with Crippen molar-refractivity contribution in [3.8, 4) is 5.75 Å². The van der Waals surface area contributed by atoms with Gasteiger partial charge in [0.05, 0.1) is 29.3 Å². The molecule has 0 saturated heterocycles. The molecule has 166 valence electrons. The van der Waals surface area contributed by atoms with Crippen LogP contribution in [0, 0.1) is 10.1 Å². The van der Waals surface area contributed by atoms with E-state index in [1.165, 1.54) is 24.3 Å². The third kappa shape index (κ3) is 4.57. The number of carbonyl (C=O) groups excluding carboxylic acids is 2. The summed E-state index contributed by atoms with van der Waals surface area (Å²) in [5.74, 6) is -0.334. The van der Waals surface area contributed by atoms with Gasteiger partial charge in [-0.25, -0.2) is 0 Å². The normalized spacial score (nSPS) is 13.4. The Kier molecular flexibility index (Phi) is 6.12. The fourth-order valence-electron chi connectivity index (χ4n) is 3.45. The number of hydrogen-bond acceptors (Lipinski definition) is 7. The van der Waals surface area contributed by atoms with Gasteiger partial charge in [-0.15, -0.1) is 0 Å². The van der Waals surface area contributed by atoms with Gasteiger partial charge in [-0.3, -0.25) is 29.6 Å². The van der Waals surface area contributed by atoms with Crippen LogP contribution in [-0.2, 0) is 16.1 Å². The molecule has 3 aromatic rings. The summed E-state index contributed by atoms with van der Waals surface area (Å²) in [4.78, 5) is 42.4. The molecule has 1 aliphatic heterocycles. The molecule has 0 unspecified atom stereocenters. The number of nitro groups is 1. The summed E-state index contributed by atoms with van der Waals surface area (Å²) >= 11 is 0. The number of aromatic nitrogens is 1. The molecule has 0 atom stereocenters. The maximum absolute atomic E-state index is 13.3. The van der Waals surface area contributed by atoms with Crippen LogP contribution in [0.25, 0.3) is 5.57 Å². The Bertz CT molecular complexity index is 1220. The first kappa shape index (κ1) is 21.7. The van der Waals surface area contributed by atoms with E-state index in [0.717, 1.165) is 4.90 Å². The number of anilines is 1. The molecule has 0 aliphatic carbocycles. The standard InChI is InChI=1S/C24H20N4O5/c1-2-33-20-12-8-17(9-13-20)26-22-21(16-6-10-19(11-7-16)28(31)32)23(29)27(24(22)30)15-18-5-3-4-14-25-18/h3-14,26H,2,15H2,1H3. The number of amides is 2. The van der Waals surface area contributed by atoms with Gasteiger partial charge in [0.25, 0.3) is 17.5 Å². The van der Waals surface area contributed by atoms with E-state index >= 15 is 0 Å². The highest BCUT2D eigenvalue weighted by atomic mass is 16.6. The van der Waals surface area contributed by atoms with Gasteiger partial charge in [0, 0.05) is 24.0 Å². The van der Waals surface area contributed by atoms with Crippen LogP contribution in [-0.4, -0.2) is 33.2 Å². The van der Waals surface area contributed by atoms with Gasteiger partial charge < -0.3 is 10.1 Å². The first-order valence-electron chi connectivity index (χ1n) is 10.2. The number of hydrogen-bond donors (Lipinski definition) is 1. The monoisotopic (exact) mass is 444 g/mol. The molecule has 9 nitrogen and oxygen atoms in total. The number of imide groups is 1. The summed E-state index contributed by atoms with van der Waals surface area (Å²) in [7, 11) is 0. The summed E-state index contributed by atoms with van der Waals surface area (Å²) in [6, 6.07) is 17.8. The fraction of sp³-hybridized carbons (Fsp3) is 0.125. The number of benzene rings is 2. The Morgan fingerprint density at radius 3 is 2.33 bits per heavy atom. The van der Waals surface area contributed by atoms with Gasteiger partial charge >= 0.3 is 0 Å². The Morgan fingerprint density at radius 1 is 1.00 bits per heavy atom. The van der Waals surface area contributed by atoms with E-state index < -0.39 is 16.7 Å². The van der Waals surface area contributed by atoms with Crippen molar-refractivity contribution < 1.29 is 19.2 Å². The first-order valence-corrected chi connectivity index (χ1v) is 10.2. The van der Waals surface area contributed by atoms with Gasteiger partial charge in [-0.2, -0.15) is 0 Å². The second-order valence-corrected chi connectivity index (χ2v) is 7.15. The molecule has 1 aliphatic rings. The molecule has 0 spiro atoms. The molecule has 0 saturated carbocycles. The zero-order valence-corrected chi connectivity index (χ0v) is 17.7. The number of rotatable bonds is 8. The molecule has 9 heteroatoms. The Labute approximate surface area is 189 Å². The zero-order chi connectivity index (χ0) is 23.4. The smallest absolute Gasteiger partial charge is 0.278 e. The van der Waals surface area contributed by atoms with Crippen LogP contribution < -0.4 is 10.1 Å². The third-order valence-electron chi connectivity index (χ3n) is 5.02. The molecule has 1 aromatic heterocycles. The predicted molar refractivity (Wildman–Crippen MR) is 121 cm³/mol. The van der Waals surface area contributed by atoms with Gasteiger partial charge in [-0.05, 0) is 61.0 Å². The lowest BCUT2D eigenvalue weighted by atomic mass is 10.0. The summed E-state index contributed by atoms with van der Waals surface area (Å²) in [6.07, 6.45) is 1.59. The average molecular weight is 444 g/mol. The van der Waals surface area contributed by atoms with Gasteiger partial charge in [-0.1, -0.05) is 6.07 Å². The van der Waals surface area contributed by atoms with Crippen molar-refractivity contribution in [2.45, 2.75) is 13.5 Å². The molecular formula is C24H20N4O5. The lowest BCUT2D eigenvalue weighted by molar-refractivity contribution is -0.384. The van der Waals surface area contributed by atoms with E-state index in [2.05, 4.69) is 10.3 Å². The van der Waals surface area contributed by atoms with E-state index in [4.69, 9.17) is 4.74 Å². The van der Waals surface area contributed by atoms with Crippen molar-refractivity contribution in [3.05, 3.63) is 100.0 Å². The number of nitro benzene ring substituents is 1. The van der Waals surface area contributed by atoms with Crippen LogP contribution in [0.3, 0.4) is 0 Å². The number of carbonyl (C=O) groups is 2. The summed E-state index contributed by atoms with van der Waals surface area (Å²) in [5, 5.41) is 14.1. The molecule has 2 heterocycles. The number of nitrogens with one attached hydrogen (secondary N) is 1. The third-order valence-corrected chi connectivity index (χ3v) is 5.02. The molecule has 2 amide bonds. The Balaban J connectivity index is 1.71. The van der Waals surface area contributed by atoms with Gasteiger partial charge in [0.1, 0.15) is 11.4 Å². The predicted octanol–water partition coefficient (Wildman–Crippen LogP) is 3.78. The number of ether oxygens (including phenoxy) is 1. The van der Waals surface area contributed by atoms with Gasteiger partial charge in [0.15, 0.2) is 0 Å². The highest BCUT2D eigenvalue weighted by Gasteiger charge is 2.39. The molecule has 2 aromatic carbocycles. The minimum atomic E-state index is -0.522. The first-order chi connectivity index (χ1) is 16.0. The highest BCUT2D eigenvalue weighted by Crippen LogP contribution is 2.32. The highest BCUT2D eigenvalue weighted by molar-refractivity contribution is 6.36. The van der Waals surface area contributed by atoms with Crippen LogP contribution in [0.15, 0.2) is 78.6 Å². The van der Waals surface area contributed by atoms with Crippen molar-refractivity contribution in [1.82, 2.24) is 9.88 Å². The van der Waals surface area contributed by atoms with Crippen molar-refractivity contribution in [1.29, 1.82) is 0 Å². The quantitative estimate of drug-likeness (QED) is 0.319. The summed E-state index contributed by atoms with van der Waals surface area (Å²) in [6.45, 7) is 2.41. The summed E-state index contributed by atoms with van der Waals surface area (Å²) in [5.41, 5.74) is 1.67. The molecule has 33 heavy (non-hydrogen) atoms. The lowest BCUT2D eigenvalue weighted by Crippen LogP contribution is -2.32. The van der Waals surface area contributed by atoms with E-state index in [0.29, 0.717) is 29.3 Å². The molecule has 0 radical (unpaired) electrons. The van der Waals surface area contributed by atoms with Crippen molar-refractivity contribution in [3.63, 3.8) is 0 Å². The molecule has 4 rings (SSSR count).